The molecule has 1 fully saturated rings. The summed E-state index contributed by atoms with van der Waals surface area (Å²) in [5.41, 5.74) is 2.24. The van der Waals surface area contributed by atoms with Gasteiger partial charge < -0.3 is 9.47 Å². The van der Waals surface area contributed by atoms with E-state index in [1.165, 1.54) is 7.11 Å². The maximum atomic E-state index is 13.5. The Kier molecular flexibility index (Phi) is 6.22. The lowest BCUT2D eigenvalue weighted by molar-refractivity contribution is -0.152. The first kappa shape index (κ1) is 21.2. The van der Waals surface area contributed by atoms with E-state index in [2.05, 4.69) is 4.99 Å². The average molecular weight is 418 g/mol. The molecule has 6 nitrogen and oxygen atoms in total. The van der Waals surface area contributed by atoms with Crippen LogP contribution in [0.1, 0.15) is 38.7 Å². The van der Waals surface area contributed by atoms with Crippen LogP contribution in [0.3, 0.4) is 0 Å². The van der Waals surface area contributed by atoms with Gasteiger partial charge in [0.05, 0.1) is 25.2 Å². The number of Topliss-reactive ketones (excluding diaryl/α,β-unsaturated/α-hetero) is 1. The minimum atomic E-state index is -0.896. The molecule has 1 aliphatic heterocycles. The van der Waals surface area contributed by atoms with Crippen LogP contribution < -0.4 is 0 Å². The van der Waals surface area contributed by atoms with Gasteiger partial charge in [0.2, 0.25) is 0 Å². The lowest BCUT2D eigenvalue weighted by atomic mass is 9.64. The quantitative estimate of drug-likeness (QED) is 0.550. The molecule has 1 aliphatic carbocycles. The lowest BCUT2D eigenvalue weighted by Crippen LogP contribution is -2.48. The number of hydrogen-bond donors (Lipinski definition) is 0. The van der Waals surface area contributed by atoms with E-state index in [4.69, 9.17) is 21.1 Å². The molecule has 0 bridgehead atoms. The molecule has 1 aromatic carbocycles. The van der Waals surface area contributed by atoms with Crippen LogP contribution in [0.5, 0.6) is 0 Å². The Morgan fingerprint density at radius 2 is 2.00 bits per heavy atom. The third-order valence-electron chi connectivity index (χ3n) is 5.58. The number of hydrogen-bond acceptors (Lipinski definition) is 6. The summed E-state index contributed by atoms with van der Waals surface area (Å²) in [6, 6.07) is 7.06. The van der Waals surface area contributed by atoms with Gasteiger partial charge in [-0.25, -0.2) is 4.79 Å². The molecule has 7 heteroatoms. The minimum Gasteiger partial charge on any atom is -0.468 e. The number of fused-ring (bicyclic) bond motifs is 1. The van der Waals surface area contributed by atoms with Crippen molar-refractivity contribution in [1.29, 1.82) is 0 Å². The van der Waals surface area contributed by atoms with Gasteiger partial charge in [-0.3, -0.25) is 14.6 Å². The molecule has 0 spiro atoms. The number of carbonyl (C=O) groups excluding carboxylic acids is 3. The maximum absolute atomic E-state index is 13.5. The van der Waals surface area contributed by atoms with Crippen molar-refractivity contribution in [2.45, 2.75) is 33.1 Å². The van der Waals surface area contributed by atoms with Crippen LogP contribution in [0.4, 0.5) is 0 Å². The van der Waals surface area contributed by atoms with Crippen molar-refractivity contribution in [3.63, 3.8) is 0 Å². The van der Waals surface area contributed by atoms with Crippen LogP contribution in [0.2, 0.25) is 5.02 Å². The Bertz CT molecular complexity index is 920. The summed E-state index contributed by atoms with van der Waals surface area (Å²) < 4.78 is 10.1. The number of ketones is 1. The number of carbonyl (C=O) groups is 3. The van der Waals surface area contributed by atoms with Gasteiger partial charge in [-0.2, -0.15) is 0 Å². The standard InChI is InChI=1S/C22H24ClNO5/c1-5-29-22(27)17-12(3)24-15-9-11(2)16(21(26)28-4)20(25)19(15)18(17)13-7-6-8-14(23)10-13/h6-8,10-11,16,18-19H,5,9H2,1-4H3/t11-,16-,18+,19+/m1/s1. The molecule has 1 aromatic rings. The largest absolute Gasteiger partial charge is 0.468 e. The summed E-state index contributed by atoms with van der Waals surface area (Å²) in [5.74, 6) is -3.85. The van der Waals surface area contributed by atoms with Crippen molar-refractivity contribution in [2.75, 3.05) is 13.7 Å². The molecule has 3 rings (SSSR count). The molecule has 1 saturated carbocycles. The molecular formula is C22H24ClNO5. The third-order valence-corrected chi connectivity index (χ3v) is 5.81. The molecule has 29 heavy (non-hydrogen) atoms. The topological polar surface area (TPSA) is 82.0 Å². The van der Waals surface area contributed by atoms with Crippen molar-refractivity contribution in [2.24, 2.45) is 22.7 Å². The fraction of sp³-hybridized carbons (Fsp3) is 0.455. The SMILES string of the molecule is CCOC(=O)C1=C(C)N=C2C[C@@H](C)[C@@H](C(=O)OC)C(=O)[C@@H]2[C@H]1c1cccc(Cl)c1. The third kappa shape index (κ3) is 3.86. The Hall–Kier alpha value is -2.47. The minimum absolute atomic E-state index is 0.203. The molecule has 0 N–H and O–H groups in total. The molecule has 0 aromatic heterocycles. The molecule has 0 amide bonds. The number of esters is 2. The summed E-state index contributed by atoms with van der Waals surface area (Å²) in [4.78, 5) is 43.2. The number of halogens is 1. The Labute approximate surface area is 174 Å². The first-order valence-electron chi connectivity index (χ1n) is 9.62. The molecule has 4 atom stereocenters. The van der Waals surface area contributed by atoms with Gasteiger partial charge in [-0.1, -0.05) is 30.7 Å². The van der Waals surface area contributed by atoms with E-state index in [0.717, 1.165) is 0 Å². The lowest BCUT2D eigenvalue weighted by Gasteiger charge is -2.40. The van der Waals surface area contributed by atoms with E-state index in [9.17, 15) is 14.4 Å². The monoisotopic (exact) mass is 417 g/mol. The van der Waals surface area contributed by atoms with Gasteiger partial charge in [0, 0.05) is 22.3 Å². The zero-order chi connectivity index (χ0) is 21.3. The summed E-state index contributed by atoms with van der Waals surface area (Å²) in [6.45, 7) is 5.51. The molecule has 2 aliphatic rings. The first-order valence-corrected chi connectivity index (χ1v) is 10.00. The van der Waals surface area contributed by atoms with Crippen LogP contribution in [0, 0.1) is 17.8 Å². The van der Waals surface area contributed by atoms with E-state index in [0.29, 0.717) is 34.0 Å². The maximum Gasteiger partial charge on any atom is 0.336 e. The number of methoxy groups -OCH3 is 1. The second kappa shape index (κ2) is 8.49. The van der Waals surface area contributed by atoms with Gasteiger partial charge in [-0.15, -0.1) is 0 Å². The van der Waals surface area contributed by atoms with Crippen LogP contribution in [-0.2, 0) is 23.9 Å². The predicted molar refractivity (Wildman–Crippen MR) is 109 cm³/mol. The molecule has 154 valence electrons. The first-order chi connectivity index (χ1) is 13.8. The predicted octanol–water partition coefficient (Wildman–Crippen LogP) is 3.73. The van der Waals surface area contributed by atoms with Crippen LogP contribution >= 0.6 is 11.6 Å². The Balaban J connectivity index is 2.18. The van der Waals surface area contributed by atoms with Crippen LogP contribution in [-0.4, -0.2) is 37.2 Å². The summed E-state index contributed by atoms with van der Waals surface area (Å²) in [7, 11) is 1.27. The van der Waals surface area contributed by atoms with E-state index >= 15 is 0 Å². The second-order valence-corrected chi connectivity index (χ2v) is 7.85. The van der Waals surface area contributed by atoms with Gasteiger partial charge in [0.15, 0.2) is 5.78 Å². The number of rotatable bonds is 4. The van der Waals surface area contributed by atoms with Crippen LogP contribution in [0.25, 0.3) is 0 Å². The average Bonchev–Trinajstić information content (AvgIpc) is 2.66. The molecule has 0 unspecified atom stereocenters. The van der Waals surface area contributed by atoms with Crippen LogP contribution in [0.15, 0.2) is 40.5 Å². The highest BCUT2D eigenvalue weighted by molar-refractivity contribution is 6.30. The van der Waals surface area contributed by atoms with Crippen molar-refractivity contribution in [3.05, 3.63) is 46.1 Å². The molecular weight excluding hydrogens is 394 g/mol. The second-order valence-electron chi connectivity index (χ2n) is 7.42. The van der Waals surface area contributed by atoms with Crippen molar-refractivity contribution >= 4 is 35.0 Å². The molecule has 0 radical (unpaired) electrons. The Morgan fingerprint density at radius 1 is 1.28 bits per heavy atom. The fourth-order valence-corrected chi connectivity index (χ4v) is 4.57. The van der Waals surface area contributed by atoms with Gasteiger partial charge in [0.1, 0.15) is 5.92 Å². The molecule has 1 heterocycles. The number of ether oxygens (including phenoxy) is 2. The molecule has 0 saturated heterocycles. The zero-order valence-electron chi connectivity index (χ0n) is 16.9. The van der Waals surface area contributed by atoms with Gasteiger partial charge >= 0.3 is 11.9 Å². The smallest absolute Gasteiger partial charge is 0.336 e. The van der Waals surface area contributed by atoms with Crippen molar-refractivity contribution < 1.29 is 23.9 Å². The number of allylic oxidation sites excluding steroid dienone is 1. The summed E-state index contributed by atoms with van der Waals surface area (Å²) >= 11 is 6.20. The summed E-state index contributed by atoms with van der Waals surface area (Å²) in [5, 5.41) is 0.494. The highest BCUT2D eigenvalue weighted by atomic mass is 35.5. The van der Waals surface area contributed by atoms with Gasteiger partial charge in [0.25, 0.3) is 0 Å². The highest BCUT2D eigenvalue weighted by Crippen LogP contribution is 2.46. The van der Waals surface area contributed by atoms with E-state index in [1.807, 2.05) is 13.0 Å². The van der Waals surface area contributed by atoms with E-state index < -0.39 is 29.7 Å². The van der Waals surface area contributed by atoms with Gasteiger partial charge in [-0.05, 0) is 43.9 Å². The fourth-order valence-electron chi connectivity index (χ4n) is 4.37. The van der Waals surface area contributed by atoms with E-state index in [1.54, 1.807) is 32.0 Å². The van der Waals surface area contributed by atoms with Crippen molar-refractivity contribution in [1.82, 2.24) is 0 Å². The highest BCUT2D eigenvalue weighted by Gasteiger charge is 2.51. The zero-order valence-corrected chi connectivity index (χ0v) is 17.7. The normalized spacial score (nSPS) is 26.5. The van der Waals surface area contributed by atoms with Crippen molar-refractivity contribution in [3.8, 4) is 0 Å². The summed E-state index contributed by atoms with van der Waals surface area (Å²) in [6.07, 6.45) is 0.473. The Morgan fingerprint density at radius 3 is 2.62 bits per heavy atom. The number of aliphatic imine (C=N–C) groups is 1. The van der Waals surface area contributed by atoms with E-state index in [-0.39, 0.29) is 18.3 Å². The number of nitrogens with zero attached hydrogens (tertiary/aromatic N) is 1. The number of benzene rings is 1.